The monoisotopic (exact) mass is 309 g/mol. The van der Waals surface area contributed by atoms with E-state index in [1.54, 1.807) is 25.7 Å². The molecule has 6 heteroatoms. The lowest BCUT2D eigenvalue weighted by Gasteiger charge is -2.33. The van der Waals surface area contributed by atoms with Crippen LogP contribution in [0.25, 0.3) is 16.9 Å². The highest BCUT2D eigenvalue weighted by Crippen LogP contribution is 2.26. The van der Waals surface area contributed by atoms with Gasteiger partial charge in [0.1, 0.15) is 5.82 Å². The van der Waals surface area contributed by atoms with Crippen LogP contribution in [0.4, 0.5) is 5.82 Å². The van der Waals surface area contributed by atoms with Crippen LogP contribution < -0.4 is 4.90 Å². The summed E-state index contributed by atoms with van der Waals surface area (Å²) < 4.78 is 7.46. The quantitative estimate of drug-likeness (QED) is 0.743. The van der Waals surface area contributed by atoms with Gasteiger partial charge in [0.15, 0.2) is 5.65 Å². The average molecular weight is 309 g/mol. The Morgan fingerprint density at radius 3 is 2.87 bits per heavy atom. The average Bonchev–Trinajstić information content (AvgIpc) is 3.10. The van der Waals surface area contributed by atoms with Gasteiger partial charge in [-0.3, -0.25) is 4.98 Å². The van der Waals surface area contributed by atoms with Crippen LogP contribution in [0.2, 0.25) is 0 Å². The first-order valence-electron chi connectivity index (χ1n) is 7.88. The molecule has 0 unspecified atom stereocenters. The van der Waals surface area contributed by atoms with Crippen LogP contribution in [-0.4, -0.2) is 45.9 Å². The van der Waals surface area contributed by atoms with Crippen molar-refractivity contribution in [2.75, 3.05) is 25.1 Å². The molecule has 118 valence electrons. The lowest BCUT2D eigenvalue weighted by molar-refractivity contribution is 0.0890. The molecule has 4 heterocycles. The Morgan fingerprint density at radius 1 is 1.17 bits per heavy atom. The van der Waals surface area contributed by atoms with Gasteiger partial charge in [0.25, 0.3) is 0 Å². The molecule has 23 heavy (non-hydrogen) atoms. The van der Waals surface area contributed by atoms with Crippen LogP contribution in [0.3, 0.4) is 0 Å². The molecular formula is C17H19N5O. The van der Waals surface area contributed by atoms with Crippen molar-refractivity contribution in [2.24, 2.45) is 0 Å². The van der Waals surface area contributed by atoms with Gasteiger partial charge >= 0.3 is 0 Å². The number of ether oxygens (including phenoxy) is 1. The number of piperidine rings is 1. The highest BCUT2D eigenvalue weighted by molar-refractivity contribution is 5.66. The summed E-state index contributed by atoms with van der Waals surface area (Å²) in [5, 5.41) is 4.44. The number of fused-ring (bicyclic) bond motifs is 1. The van der Waals surface area contributed by atoms with Gasteiger partial charge in [0, 0.05) is 50.3 Å². The molecule has 3 aromatic heterocycles. The van der Waals surface area contributed by atoms with E-state index in [1.165, 1.54) is 0 Å². The maximum Gasteiger partial charge on any atom is 0.157 e. The number of rotatable bonds is 3. The predicted molar refractivity (Wildman–Crippen MR) is 88.5 cm³/mol. The lowest BCUT2D eigenvalue weighted by atomic mass is 10.1. The summed E-state index contributed by atoms with van der Waals surface area (Å²) >= 11 is 0. The minimum absolute atomic E-state index is 0.270. The van der Waals surface area contributed by atoms with E-state index < -0.39 is 0 Å². The highest BCUT2D eigenvalue weighted by atomic mass is 16.5. The SMILES string of the molecule is CO[C@@H]1CCCN(c2cc(-c3ccncc3)nc3ccnn23)C1. The molecule has 1 fully saturated rings. The minimum Gasteiger partial charge on any atom is -0.380 e. The van der Waals surface area contributed by atoms with Crippen LogP contribution in [0.1, 0.15) is 12.8 Å². The Hall–Kier alpha value is -2.47. The molecule has 0 radical (unpaired) electrons. The maximum atomic E-state index is 5.56. The number of aromatic nitrogens is 4. The molecular weight excluding hydrogens is 290 g/mol. The molecule has 6 nitrogen and oxygen atoms in total. The van der Waals surface area contributed by atoms with E-state index in [2.05, 4.69) is 21.0 Å². The first-order chi connectivity index (χ1) is 11.3. The summed E-state index contributed by atoms with van der Waals surface area (Å²) in [5.41, 5.74) is 2.86. The summed E-state index contributed by atoms with van der Waals surface area (Å²) in [6.07, 6.45) is 7.87. The second kappa shape index (κ2) is 5.96. The Bertz CT molecular complexity index is 801. The summed E-state index contributed by atoms with van der Waals surface area (Å²) in [4.78, 5) is 11.1. The van der Waals surface area contributed by atoms with Crippen LogP contribution in [0.5, 0.6) is 0 Å². The number of pyridine rings is 1. The third-order valence-electron chi connectivity index (χ3n) is 4.35. The van der Waals surface area contributed by atoms with Crippen molar-refractivity contribution >= 4 is 11.5 Å². The van der Waals surface area contributed by atoms with Gasteiger partial charge in [-0.05, 0) is 25.0 Å². The van der Waals surface area contributed by atoms with Crippen molar-refractivity contribution in [3.8, 4) is 11.3 Å². The first kappa shape index (κ1) is 14.1. The Morgan fingerprint density at radius 2 is 2.04 bits per heavy atom. The number of nitrogens with zero attached hydrogens (tertiary/aromatic N) is 5. The van der Waals surface area contributed by atoms with Gasteiger partial charge in [-0.15, -0.1) is 0 Å². The standard InChI is InChI=1S/C17H19N5O/c1-23-14-3-2-10-21(12-14)17-11-15(13-4-7-18-8-5-13)20-16-6-9-19-22(16)17/h4-9,11,14H,2-3,10,12H2,1H3/t14-/m1/s1. The fraction of sp³-hybridized carbons (Fsp3) is 0.353. The largest absolute Gasteiger partial charge is 0.380 e. The van der Waals surface area contributed by atoms with E-state index in [4.69, 9.17) is 9.72 Å². The van der Waals surface area contributed by atoms with E-state index in [9.17, 15) is 0 Å². The topological polar surface area (TPSA) is 55.5 Å². The van der Waals surface area contributed by atoms with Crippen molar-refractivity contribution in [3.63, 3.8) is 0 Å². The highest BCUT2D eigenvalue weighted by Gasteiger charge is 2.22. The van der Waals surface area contributed by atoms with E-state index in [1.807, 2.05) is 22.7 Å². The maximum absolute atomic E-state index is 5.56. The number of anilines is 1. The summed E-state index contributed by atoms with van der Waals surface area (Å²) in [7, 11) is 1.78. The van der Waals surface area contributed by atoms with Crippen molar-refractivity contribution in [1.82, 2.24) is 19.6 Å². The van der Waals surface area contributed by atoms with Crippen molar-refractivity contribution in [1.29, 1.82) is 0 Å². The third kappa shape index (κ3) is 2.66. The zero-order chi connectivity index (χ0) is 15.6. The normalized spacial score (nSPS) is 18.5. The Kier molecular flexibility index (Phi) is 3.67. The Labute approximate surface area is 134 Å². The zero-order valence-corrected chi connectivity index (χ0v) is 13.1. The molecule has 0 aromatic carbocycles. The van der Waals surface area contributed by atoms with Gasteiger partial charge in [-0.1, -0.05) is 0 Å². The molecule has 0 amide bonds. The number of hydrogen-bond donors (Lipinski definition) is 0. The summed E-state index contributed by atoms with van der Waals surface area (Å²) in [6, 6.07) is 8.00. The molecule has 4 rings (SSSR count). The van der Waals surface area contributed by atoms with Gasteiger partial charge in [0.2, 0.25) is 0 Å². The second-order valence-electron chi connectivity index (χ2n) is 5.78. The molecule has 0 N–H and O–H groups in total. The fourth-order valence-corrected chi connectivity index (χ4v) is 3.13. The zero-order valence-electron chi connectivity index (χ0n) is 13.1. The van der Waals surface area contributed by atoms with Crippen LogP contribution >= 0.6 is 0 Å². The van der Waals surface area contributed by atoms with E-state index >= 15 is 0 Å². The fourth-order valence-electron chi connectivity index (χ4n) is 3.13. The smallest absolute Gasteiger partial charge is 0.157 e. The number of hydrogen-bond acceptors (Lipinski definition) is 5. The van der Waals surface area contributed by atoms with Crippen molar-refractivity contribution < 1.29 is 4.74 Å². The molecule has 3 aromatic rings. The predicted octanol–water partition coefficient (Wildman–Crippen LogP) is 2.41. The van der Waals surface area contributed by atoms with Crippen molar-refractivity contribution in [2.45, 2.75) is 18.9 Å². The van der Waals surface area contributed by atoms with E-state index in [0.29, 0.717) is 0 Å². The molecule has 0 saturated carbocycles. The molecule has 1 saturated heterocycles. The minimum atomic E-state index is 0.270. The molecule has 1 atom stereocenters. The molecule has 0 aliphatic carbocycles. The van der Waals surface area contributed by atoms with Gasteiger partial charge in [-0.25, -0.2) is 4.98 Å². The van der Waals surface area contributed by atoms with E-state index in [0.717, 1.165) is 48.7 Å². The third-order valence-corrected chi connectivity index (χ3v) is 4.35. The lowest BCUT2D eigenvalue weighted by Crippen LogP contribution is -2.40. The molecule has 1 aliphatic heterocycles. The first-order valence-corrected chi connectivity index (χ1v) is 7.88. The van der Waals surface area contributed by atoms with Gasteiger partial charge in [-0.2, -0.15) is 9.61 Å². The Balaban J connectivity index is 1.80. The summed E-state index contributed by atoms with van der Waals surface area (Å²) in [6.45, 7) is 1.89. The van der Waals surface area contributed by atoms with Crippen LogP contribution in [0, 0.1) is 0 Å². The molecule has 0 bridgehead atoms. The molecule has 0 spiro atoms. The molecule has 1 aliphatic rings. The van der Waals surface area contributed by atoms with Crippen LogP contribution in [0.15, 0.2) is 42.9 Å². The van der Waals surface area contributed by atoms with Crippen molar-refractivity contribution in [3.05, 3.63) is 42.9 Å². The van der Waals surface area contributed by atoms with Gasteiger partial charge < -0.3 is 9.64 Å². The van der Waals surface area contributed by atoms with Gasteiger partial charge in [0.05, 0.1) is 18.0 Å². The second-order valence-corrected chi connectivity index (χ2v) is 5.78. The summed E-state index contributed by atoms with van der Waals surface area (Å²) in [5.74, 6) is 1.06. The van der Waals surface area contributed by atoms with Crippen LogP contribution in [-0.2, 0) is 4.74 Å². The van der Waals surface area contributed by atoms with E-state index in [-0.39, 0.29) is 6.10 Å². The number of methoxy groups -OCH3 is 1.